The summed E-state index contributed by atoms with van der Waals surface area (Å²) >= 11 is 0. The van der Waals surface area contributed by atoms with E-state index in [0.29, 0.717) is 11.5 Å². The highest BCUT2D eigenvalue weighted by Crippen LogP contribution is 2.65. The number of aliphatic hydroxyl groups is 2. The zero-order valence-corrected chi connectivity index (χ0v) is 10.5. The smallest absolute Gasteiger partial charge is 0.164 e. The topological polar surface area (TPSA) is 62.0 Å². The molecule has 0 amide bonds. The van der Waals surface area contributed by atoms with E-state index >= 15 is 0 Å². The molecule has 1 aromatic carbocycles. The molecule has 2 N–H and O–H groups in total. The van der Waals surface area contributed by atoms with Crippen molar-refractivity contribution in [2.45, 2.75) is 17.4 Å². The molecule has 4 aliphatic rings. The lowest BCUT2D eigenvalue weighted by Crippen LogP contribution is -2.54. The van der Waals surface area contributed by atoms with Crippen LogP contribution in [0.5, 0.6) is 5.75 Å². The number of aliphatic hydroxyl groups excluding tert-OH is 1. The van der Waals surface area contributed by atoms with Crippen LogP contribution in [-0.2, 0) is 5.41 Å². The van der Waals surface area contributed by atoms with Gasteiger partial charge in [-0.15, -0.1) is 0 Å². The molecule has 0 bridgehead atoms. The van der Waals surface area contributed by atoms with Crippen molar-refractivity contribution in [2.24, 2.45) is 4.99 Å². The standard InChI is InChI=1S/C16H11NO3/c18-12-5-6-15(19)8-17-11-7-10(11)16(15)9-3-1-2-4-13(9)20-14(12)16/h1-6,8,18-19H,7H2. The third kappa shape index (κ3) is 0.887. The first-order chi connectivity index (χ1) is 9.67. The van der Waals surface area contributed by atoms with E-state index in [9.17, 15) is 10.2 Å². The number of hydrogen-bond donors (Lipinski definition) is 2. The fourth-order valence-electron chi connectivity index (χ4n) is 3.68. The summed E-state index contributed by atoms with van der Waals surface area (Å²) in [4.78, 5) is 4.31. The predicted octanol–water partition coefficient (Wildman–Crippen LogP) is 2.13. The van der Waals surface area contributed by atoms with Gasteiger partial charge in [-0.2, -0.15) is 0 Å². The number of rotatable bonds is 0. The normalized spacial score (nSPS) is 35.2. The Balaban J connectivity index is 1.94. The minimum absolute atomic E-state index is 0.0694. The van der Waals surface area contributed by atoms with E-state index in [1.807, 2.05) is 24.3 Å². The minimum atomic E-state index is -1.28. The van der Waals surface area contributed by atoms with Crippen molar-refractivity contribution in [3.8, 4) is 5.75 Å². The van der Waals surface area contributed by atoms with Gasteiger partial charge in [-0.25, -0.2) is 0 Å². The third-order valence-electron chi connectivity index (χ3n) is 4.61. The Hall–Kier alpha value is -2.33. The van der Waals surface area contributed by atoms with Gasteiger partial charge < -0.3 is 14.9 Å². The molecule has 5 rings (SSSR count). The minimum Gasteiger partial charge on any atom is -0.504 e. The summed E-state index contributed by atoms with van der Waals surface area (Å²) in [6, 6.07) is 7.61. The Morgan fingerprint density at radius 2 is 2.10 bits per heavy atom. The van der Waals surface area contributed by atoms with Crippen LogP contribution in [0.1, 0.15) is 12.0 Å². The molecule has 0 saturated heterocycles. The fourth-order valence-corrected chi connectivity index (χ4v) is 3.68. The van der Waals surface area contributed by atoms with Gasteiger partial charge in [0.25, 0.3) is 0 Å². The molecule has 0 saturated carbocycles. The van der Waals surface area contributed by atoms with Crippen LogP contribution in [0.25, 0.3) is 0 Å². The molecule has 4 nitrogen and oxygen atoms in total. The lowest BCUT2D eigenvalue weighted by Gasteiger charge is -2.42. The molecular formula is C16H11NO3. The molecule has 0 fully saturated rings. The van der Waals surface area contributed by atoms with E-state index in [4.69, 9.17) is 4.74 Å². The van der Waals surface area contributed by atoms with Gasteiger partial charge in [-0.1, -0.05) is 18.2 Å². The van der Waals surface area contributed by atoms with Crippen molar-refractivity contribution >= 4 is 6.21 Å². The van der Waals surface area contributed by atoms with Crippen molar-refractivity contribution in [1.29, 1.82) is 0 Å². The first kappa shape index (κ1) is 10.5. The van der Waals surface area contributed by atoms with Gasteiger partial charge in [-0.05, 0) is 23.8 Å². The number of aliphatic imine (C=N–C) groups is 1. The highest BCUT2D eigenvalue weighted by atomic mass is 16.5. The maximum atomic E-state index is 11.1. The fraction of sp³-hybridized carbons (Fsp3) is 0.188. The number of hydrogen-bond acceptors (Lipinski definition) is 4. The van der Waals surface area contributed by atoms with E-state index in [0.717, 1.165) is 23.3 Å². The summed E-state index contributed by atoms with van der Waals surface area (Å²) in [7, 11) is 0. The van der Waals surface area contributed by atoms with E-state index in [-0.39, 0.29) is 5.76 Å². The van der Waals surface area contributed by atoms with Crippen molar-refractivity contribution in [2.75, 3.05) is 0 Å². The molecule has 20 heavy (non-hydrogen) atoms. The molecule has 2 unspecified atom stereocenters. The molecule has 2 heterocycles. The number of allylic oxidation sites excluding steroid dienone is 2. The van der Waals surface area contributed by atoms with Crippen LogP contribution >= 0.6 is 0 Å². The highest BCUT2D eigenvalue weighted by Gasteiger charge is 2.67. The van der Waals surface area contributed by atoms with Gasteiger partial charge in [0, 0.05) is 23.9 Å². The van der Waals surface area contributed by atoms with E-state index in [1.54, 1.807) is 12.3 Å². The second-order valence-corrected chi connectivity index (χ2v) is 5.58. The molecular weight excluding hydrogens is 254 g/mol. The first-order valence-electron chi connectivity index (χ1n) is 6.57. The Bertz CT molecular complexity index is 802. The lowest BCUT2D eigenvalue weighted by molar-refractivity contribution is 0.0929. The van der Waals surface area contributed by atoms with Crippen LogP contribution in [0, 0.1) is 0 Å². The number of fused-ring (bicyclic) bond motifs is 1. The molecule has 1 spiro atoms. The average Bonchev–Trinajstić information content (AvgIpc) is 3.16. The van der Waals surface area contributed by atoms with Crippen LogP contribution in [0.3, 0.4) is 0 Å². The Labute approximate surface area is 115 Å². The van der Waals surface area contributed by atoms with Gasteiger partial charge in [0.2, 0.25) is 0 Å². The van der Waals surface area contributed by atoms with Crippen LogP contribution < -0.4 is 4.74 Å². The Morgan fingerprint density at radius 1 is 1.25 bits per heavy atom. The second kappa shape index (κ2) is 2.88. The third-order valence-corrected chi connectivity index (χ3v) is 4.61. The number of ether oxygens (including phenoxy) is 1. The van der Waals surface area contributed by atoms with Crippen LogP contribution in [-0.4, -0.2) is 22.0 Å². The predicted molar refractivity (Wildman–Crippen MR) is 72.6 cm³/mol. The number of nitrogens with zero attached hydrogens (tertiary/aromatic N) is 1. The van der Waals surface area contributed by atoms with Crippen molar-refractivity contribution in [3.05, 3.63) is 64.8 Å². The van der Waals surface area contributed by atoms with Crippen LogP contribution in [0.4, 0.5) is 0 Å². The largest absolute Gasteiger partial charge is 0.504 e. The summed E-state index contributed by atoms with van der Waals surface area (Å²) in [5.74, 6) is 1.17. The van der Waals surface area contributed by atoms with Gasteiger partial charge in [-0.3, -0.25) is 4.99 Å². The summed E-state index contributed by atoms with van der Waals surface area (Å²) in [5, 5.41) is 21.3. The molecule has 0 radical (unpaired) electrons. The molecule has 4 heteroatoms. The van der Waals surface area contributed by atoms with Gasteiger partial charge in [0.1, 0.15) is 16.8 Å². The maximum Gasteiger partial charge on any atom is 0.164 e. The molecule has 2 aliphatic carbocycles. The van der Waals surface area contributed by atoms with Crippen LogP contribution in [0.15, 0.2) is 64.2 Å². The van der Waals surface area contributed by atoms with E-state index < -0.39 is 11.0 Å². The summed E-state index contributed by atoms with van der Waals surface area (Å²) in [6.45, 7) is 0. The van der Waals surface area contributed by atoms with Crippen LogP contribution in [0.2, 0.25) is 0 Å². The second-order valence-electron chi connectivity index (χ2n) is 5.58. The van der Waals surface area contributed by atoms with Crippen molar-refractivity contribution in [3.63, 3.8) is 0 Å². The van der Waals surface area contributed by atoms with Crippen molar-refractivity contribution < 1.29 is 14.9 Å². The zero-order chi connectivity index (χ0) is 13.5. The van der Waals surface area contributed by atoms with E-state index in [1.165, 1.54) is 6.08 Å². The van der Waals surface area contributed by atoms with Crippen molar-refractivity contribution in [1.82, 2.24) is 0 Å². The molecule has 0 aromatic heterocycles. The van der Waals surface area contributed by atoms with Gasteiger partial charge in [0.05, 0.1) is 0 Å². The molecule has 1 aromatic rings. The monoisotopic (exact) mass is 265 g/mol. The summed E-state index contributed by atoms with van der Waals surface area (Å²) in [5.41, 5.74) is 0.800. The number of benzene rings is 1. The SMILES string of the molecule is OC1=C2Oc3ccccc3C23C2=C(C2)N=CC3(O)C=C1. The number of para-hydroxylation sites is 1. The first-order valence-corrected chi connectivity index (χ1v) is 6.57. The average molecular weight is 265 g/mol. The highest BCUT2D eigenvalue weighted by molar-refractivity contribution is 5.88. The molecule has 2 atom stereocenters. The zero-order valence-electron chi connectivity index (χ0n) is 10.5. The molecule has 2 aliphatic heterocycles. The quantitative estimate of drug-likeness (QED) is 0.755. The maximum absolute atomic E-state index is 11.1. The summed E-state index contributed by atoms with van der Waals surface area (Å²) in [6.07, 6.45) is 5.40. The lowest BCUT2D eigenvalue weighted by atomic mass is 9.62. The van der Waals surface area contributed by atoms with Gasteiger partial charge >= 0.3 is 0 Å². The molecule has 98 valence electrons. The van der Waals surface area contributed by atoms with E-state index in [2.05, 4.69) is 4.99 Å². The van der Waals surface area contributed by atoms with Gasteiger partial charge in [0.15, 0.2) is 11.5 Å². The summed E-state index contributed by atoms with van der Waals surface area (Å²) < 4.78 is 5.87. The Kier molecular flexibility index (Phi) is 1.51. The Morgan fingerprint density at radius 3 is 3.00 bits per heavy atom.